The number of amides is 5. The summed E-state index contributed by atoms with van der Waals surface area (Å²) < 4.78 is 31.6. The van der Waals surface area contributed by atoms with E-state index in [-0.39, 0.29) is 25.8 Å². The lowest BCUT2D eigenvalue weighted by Gasteiger charge is -2.30. The van der Waals surface area contributed by atoms with Crippen LogP contribution in [0.5, 0.6) is 0 Å². The molecule has 1 aromatic rings. The number of carboxylic acid groups (broad SMARTS) is 1. The van der Waals surface area contributed by atoms with Crippen LogP contribution in [0.2, 0.25) is 0 Å². The molecule has 15 heteroatoms. The highest BCUT2D eigenvalue weighted by molar-refractivity contribution is 7.89. The Kier molecular flexibility index (Phi) is 9.37. The third-order valence-electron chi connectivity index (χ3n) is 8.88. The van der Waals surface area contributed by atoms with E-state index in [4.69, 9.17) is 4.74 Å². The Labute approximate surface area is 261 Å². The van der Waals surface area contributed by atoms with E-state index in [1.807, 2.05) is 35.1 Å². The van der Waals surface area contributed by atoms with E-state index in [0.29, 0.717) is 38.8 Å². The van der Waals surface area contributed by atoms with E-state index in [1.165, 1.54) is 4.90 Å². The fraction of sp³-hybridized carbons (Fsp3) is 0.567. The smallest absolute Gasteiger partial charge is 0.410 e. The van der Waals surface area contributed by atoms with Gasteiger partial charge in [-0.15, -0.1) is 0 Å². The summed E-state index contributed by atoms with van der Waals surface area (Å²) in [6, 6.07) is 5.45. The maximum Gasteiger partial charge on any atom is 0.410 e. The molecule has 45 heavy (non-hydrogen) atoms. The van der Waals surface area contributed by atoms with Crippen molar-refractivity contribution in [2.75, 3.05) is 19.3 Å². The zero-order valence-electron chi connectivity index (χ0n) is 25.1. The van der Waals surface area contributed by atoms with E-state index >= 15 is 0 Å². The van der Waals surface area contributed by atoms with Gasteiger partial charge in [-0.3, -0.25) is 19.1 Å². The van der Waals surface area contributed by atoms with Crippen LogP contribution in [0.25, 0.3) is 0 Å². The summed E-state index contributed by atoms with van der Waals surface area (Å²) in [6.07, 6.45) is 5.24. The Morgan fingerprint density at radius 2 is 1.87 bits per heavy atom. The Morgan fingerprint density at radius 1 is 1.11 bits per heavy atom. The highest BCUT2D eigenvalue weighted by Gasteiger charge is 2.61. The third-order valence-corrected chi connectivity index (χ3v) is 9.43. The first kappa shape index (κ1) is 32.3. The molecule has 0 aromatic heterocycles. The van der Waals surface area contributed by atoms with Gasteiger partial charge in [0.15, 0.2) is 0 Å². The third kappa shape index (κ3) is 7.57. The zero-order chi connectivity index (χ0) is 32.4. The van der Waals surface area contributed by atoms with Crippen LogP contribution >= 0.6 is 0 Å². The molecule has 1 saturated carbocycles. The van der Waals surface area contributed by atoms with Crippen LogP contribution in [-0.4, -0.2) is 96.3 Å². The van der Waals surface area contributed by atoms with Gasteiger partial charge in [-0.25, -0.2) is 18.0 Å². The summed E-state index contributed by atoms with van der Waals surface area (Å²) >= 11 is 0. The van der Waals surface area contributed by atoms with Gasteiger partial charge in [-0.2, -0.15) is 0 Å². The number of nitrogens with one attached hydrogen (secondary N) is 3. The lowest BCUT2D eigenvalue weighted by molar-refractivity contribution is -0.141. The fourth-order valence-electron chi connectivity index (χ4n) is 6.44. The van der Waals surface area contributed by atoms with Crippen molar-refractivity contribution in [3.63, 3.8) is 0 Å². The van der Waals surface area contributed by atoms with Crippen molar-refractivity contribution in [1.82, 2.24) is 25.2 Å². The molecule has 5 atom stereocenters. The minimum Gasteiger partial charge on any atom is -0.465 e. The van der Waals surface area contributed by atoms with Gasteiger partial charge in [-0.1, -0.05) is 49.3 Å². The first-order chi connectivity index (χ1) is 21.4. The first-order valence-electron chi connectivity index (χ1n) is 15.2. The number of nitrogens with zero attached hydrogens (tertiary/aromatic N) is 2. The number of hydrogen-bond donors (Lipinski definition) is 4. The van der Waals surface area contributed by atoms with Gasteiger partial charge in [0, 0.05) is 25.4 Å². The van der Waals surface area contributed by atoms with E-state index in [0.717, 1.165) is 23.8 Å². The van der Waals surface area contributed by atoms with E-state index in [2.05, 4.69) is 10.6 Å². The first-order valence-corrected chi connectivity index (χ1v) is 17.1. The second-order valence-corrected chi connectivity index (χ2v) is 14.0. The molecular weight excluding hydrogens is 606 g/mol. The largest absolute Gasteiger partial charge is 0.465 e. The second kappa shape index (κ2) is 13.1. The van der Waals surface area contributed by atoms with Crippen molar-refractivity contribution >= 4 is 39.9 Å². The summed E-state index contributed by atoms with van der Waals surface area (Å²) in [5.74, 6) is -2.71. The van der Waals surface area contributed by atoms with Gasteiger partial charge in [0.1, 0.15) is 23.7 Å². The topological polar surface area (TPSA) is 192 Å². The van der Waals surface area contributed by atoms with Crippen molar-refractivity contribution in [2.24, 2.45) is 5.92 Å². The van der Waals surface area contributed by atoms with E-state index < -0.39 is 69.6 Å². The number of sulfonamides is 1. The predicted molar refractivity (Wildman–Crippen MR) is 160 cm³/mol. The minimum atomic E-state index is -3.93. The molecule has 244 valence electrons. The van der Waals surface area contributed by atoms with Crippen molar-refractivity contribution in [1.29, 1.82) is 0 Å². The maximum absolute atomic E-state index is 13.8. The molecule has 0 spiro atoms. The van der Waals surface area contributed by atoms with Crippen LogP contribution in [-0.2, 0) is 42.1 Å². The number of hydrogen-bond acceptors (Lipinski definition) is 8. The van der Waals surface area contributed by atoms with Crippen LogP contribution in [0.3, 0.4) is 0 Å². The zero-order valence-corrected chi connectivity index (χ0v) is 25.9. The van der Waals surface area contributed by atoms with Crippen molar-refractivity contribution < 1.29 is 42.2 Å². The van der Waals surface area contributed by atoms with Crippen molar-refractivity contribution in [3.05, 3.63) is 47.5 Å². The lowest BCUT2D eigenvalue weighted by atomic mass is 10.0. The highest BCUT2D eigenvalue weighted by atomic mass is 32.2. The van der Waals surface area contributed by atoms with Crippen molar-refractivity contribution in [3.8, 4) is 0 Å². The molecule has 4 aliphatic rings. The van der Waals surface area contributed by atoms with Crippen LogP contribution < -0.4 is 15.4 Å². The molecule has 5 amide bonds. The molecule has 0 bridgehead atoms. The number of ether oxygens (including phenoxy) is 1. The molecule has 14 nitrogen and oxygen atoms in total. The van der Waals surface area contributed by atoms with Crippen LogP contribution in [0.15, 0.2) is 36.4 Å². The fourth-order valence-corrected chi connectivity index (χ4v) is 6.96. The summed E-state index contributed by atoms with van der Waals surface area (Å²) in [5.41, 5.74) is 0.609. The van der Waals surface area contributed by atoms with Crippen LogP contribution in [0.4, 0.5) is 9.59 Å². The van der Waals surface area contributed by atoms with Gasteiger partial charge in [0.05, 0.1) is 12.8 Å². The highest BCUT2D eigenvalue weighted by Crippen LogP contribution is 2.45. The van der Waals surface area contributed by atoms with Gasteiger partial charge in [0.25, 0.3) is 5.91 Å². The molecule has 1 aliphatic carbocycles. The molecule has 5 rings (SSSR count). The summed E-state index contributed by atoms with van der Waals surface area (Å²) in [6.45, 7) is 0.634. The van der Waals surface area contributed by atoms with Gasteiger partial charge in [0.2, 0.25) is 21.8 Å². The molecule has 0 radical (unpaired) electrons. The molecule has 2 fully saturated rings. The Bertz CT molecular complexity index is 1500. The monoisotopic (exact) mass is 645 g/mol. The molecule has 0 unspecified atom stereocenters. The predicted octanol–water partition coefficient (Wildman–Crippen LogP) is 1.26. The molecule has 3 aliphatic heterocycles. The van der Waals surface area contributed by atoms with Gasteiger partial charge >= 0.3 is 12.2 Å². The average Bonchev–Trinajstić information content (AvgIpc) is 3.51. The summed E-state index contributed by atoms with van der Waals surface area (Å²) in [4.78, 5) is 68.4. The number of carbonyl (C=O) groups excluding carboxylic acids is 4. The summed E-state index contributed by atoms with van der Waals surface area (Å²) in [7, 11) is -3.93. The molecule has 3 heterocycles. The molecule has 4 N–H and O–H groups in total. The quantitative estimate of drug-likeness (QED) is 0.349. The van der Waals surface area contributed by atoms with E-state index in [9.17, 15) is 37.5 Å². The Balaban J connectivity index is 1.38. The van der Waals surface area contributed by atoms with Gasteiger partial charge in [-0.05, 0) is 43.2 Å². The normalized spacial score (nSPS) is 29.4. The van der Waals surface area contributed by atoms with E-state index in [1.54, 1.807) is 11.0 Å². The number of rotatable bonds is 4. The molecule has 1 saturated heterocycles. The minimum absolute atomic E-state index is 0.0855. The number of fused-ring (bicyclic) bond motifs is 3. The van der Waals surface area contributed by atoms with Crippen LogP contribution in [0.1, 0.15) is 56.1 Å². The SMILES string of the molecule is CS(=O)(=O)NC(=O)[C@@]12C[C@H]1/C=C\CCCCC[C@H](NC(=O)O)C(=O)N1C[C@H](OC(=O)N3CCc4ccccc4C3)C[C@H]1C(=O)N2. The molecular formula is C30H39N5O9S. The standard InChI is InChI=1S/C30H39N5O9S/c1-45(42,43)33-27(38)30-16-21(30)11-5-3-2-4-6-12-23(31-28(39)40)26(37)35-18-22(15-24(35)25(36)32-30)44-29(41)34-14-13-19-9-7-8-10-20(19)17-34/h5,7-11,21-24,31H,2-4,6,12-18H2,1H3,(H,32,36)(H,33,38)(H,39,40)/b11-5-/t21-,22-,23+,24+,30-/m1/s1. The summed E-state index contributed by atoms with van der Waals surface area (Å²) in [5, 5.41) is 14.4. The Hall–Kier alpha value is -4.14. The Morgan fingerprint density at radius 3 is 2.60 bits per heavy atom. The maximum atomic E-state index is 13.8. The van der Waals surface area contributed by atoms with Crippen molar-refractivity contribution in [2.45, 2.75) is 81.6 Å². The lowest BCUT2D eigenvalue weighted by Crippen LogP contribution is -2.58. The second-order valence-electron chi connectivity index (χ2n) is 12.2. The molecule has 1 aromatic carbocycles. The number of carbonyl (C=O) groups is 5. The van der Waals surface area contributed by atoms with Gasteiger partial charge < -0.3 is 30.3 Å². The number of benzene rings is 1. The average molecular weight is 646 g/mol. The number of allylic oxidation sites excluding steroid dienone is 1. The van der Waals surface area contributed by atoms with Crippen LogP contribution in [0, 0.1) is 5.92 Å².